The Labute approximate surface area is 166 Å². The van der Waals surface area contributed by atoms with Crippen molar-refractivity contribution >= 4 is 17.5 Å². The summed E-state index contributed by atoms with van der Waals surface area (Å²) in [5, 5.41) is 2.84. The second-order valence-corrected chi connectivity index (χ2v) is 7.30. The second kappa shape index (κ2) is 7.53. The molecule has 6 nitrogen and oxygen atoms in total. The molecule has 0 unspecified atom stereocenters. The fourth-order valence-electron chi connectivity index (χ4n) is 4.24. The predicted molar refractivity (Wildman–Crippen MR) is 103 cm³/mol. The minimum absolute atomic E-state index is 0.138. The van der Waals surface area contributed by atoms with E-state index in [-0.39, 0.29) is 18.4 Å². The highest BCUT2D eigenvalue weighted by Gasteiger charge is 2.43. The van der Waals surface area contributed by atoms with Crippen molar-refractivity contribution in [3.8, 4) is 0 Å². The molecule has 1 N–H and O–H groups in total. The monoisotopic (exact) mass is 405 g/mol. The number of carbonyl (C=O) groups excluding carboxylic acids is 1. The largest absolute Gasteiger partial charge is 0.416 e. The first-order valence-corrected chi connectivity index (χ1v) is 9.65. The smallest absolute Gasteiger partial charge is 0.364 e. The van der Waals surface area contributed by atoms with Crippen molar-refractivity contribution in [1.29, 1.82) is 0 Å². The molecule has 3 heterocycles. The fourth-order valence-corrected chi connectivity index (χ4v) is 4.24. The van der Waals surface area contributed by atoms with Crippen LogP contribution in [0, 0.1) is 5.92 Å². The maximum Gasteiger partial charge on any atom is 0.416 e. The average Bonchev–Trinajstić information content (AvgIpc) is 2.72. The van der Waals surface area contributed by atoms with Gasteiger partial charge in [-0.1, -0.05) is 0 Å². The van der Waals surface area contributed by atoms with Crippen molar-refractivity contribution in [1.82, 2.24) is 15.3 Å². The molecule has 154 valence electrons. The van der Waals surface area contributed by atoms with Crippen LogP contribution in [0.5, 0.6) is 0 Å². The second-order valence-electron chi connectivity index (χ2n) is 7.30. The first kappa shape index (κ1) is 19.5. The van der Waals surface area contributed by atoms with Crippen LogP contribution in [0.2, 0.25) is 0 Å². The zero-order valence-electron chi connectivity index (χ0n) is 16.0. The lowest BCUT2D eigenvalue weighted by molar-refractivity contribution is -0.137. The van der Waals surface area contributed by atoms with Gasteiger partial charge < -0.3 is 15.1 Å². The van der Waals surface area contributed by atoms with E-state index in [0.29, 0.717) is 37.7 Å². The lowest BCUT2D eigenvalue weighted by Gasteiger charge is -2.49. The Balaban J connectivity index is 1.69. The number of rotatable bonds is 3. The minimum atomic E-state index is -4.41. The van der Waals surface area contributed by atoms with Gasteiger partial charge in [0, 0.05) is 44.3 Å². The van der Waals surface area contributed by atoms with E-state index < -0.39 is 17.7 Å². The number of piperazine rings is 1. The third kappa shape index (κ3) is 3.73. The van der Waals surface area contributed by atoms with Crippen LogP contribution in [0.1, 0.15) is 18.1 Å². The average molecular weight is 405 g/mol. The number of benzene rings is 1. The number of amides is 1. The summed E-state index contributed by atoms with van der Waals surface area (Å²) in [6.45, 7) is 4.05. The lowest BCUT2D eigenvalue weighted by Crippen LogP contribution is -2.61. The topological polar surface area (TPSA) is 61.4 Å². The van der Waals surface area contributed by atoms with Gasteiger partial charge in [-0.25, -0.2) is 9.97 Å². The molecule has 0 spiro atoms. The highest BCUT2D eigenvalue weighted by Crippen LogP contribution is 2.40. The van der Waals surface area contributed by atoms with Gasteiger partial charge in [0.1, 0.15) is 0 Å². The van der Waals surface area contributed by atoms with Crippen molar-refractivity contribution in [3.05, 3.63) is 47.8 Å². The molecular formula is C20H22F3N5O. The normalized spacial score (nSPS) is 21.4. The van der Waals surface area contributed by atoms with Crippen molar-refractivity contribution in [2.45, 2.75) is 25.6 Å². The summed E-state index contributed by atoms with van der Waals surface area (Å²) in [7, 11) is 0. The maximum absolute atomic E-state index is 13.2. The van der Waals surface area contributed by atoms with E-state index >= 15 is 0 Å². The van der Waals surface area contributed by atoms with Gasteiger partial charge in [-0.2, -0.15) is 13.2 Å². The Kier molecular flexibility index (Phi) is 5.06. The van der Waals surface area contributed by atoms with E-state index in [1.807, 2.05) is 11.8 Å². The van der Waals surface area contributed by atoms with E-state index in [4.69, 9.17) is 0 Å². The van der Waals surface area contributed by atoms with Crippen LogP contribution in [0.25, 0.3) is 0 Å². The Hall–Kier alpha value is -2.84. The predicted octanol–water partition coefficient (Wildman–Crippen LogP) is 2.50. The van der Waals surface area contributed by atoms with E-state index in [1.165, 1.54) is 12.1 Å². The summed E-state index contributed by atoms with van der Waals surface area (Å²) in [6.07, 6.45) is -0.790. The minimum Gasteiger partial charge on any atom is -0.364 e. The van der Waals surface area contributed by atoms with E-state index in [0.717, 1.165) is 11.8 Å². The number of hydrogen-bond acceptors (Lipinski definition) is 5. The van der Waals surface area contributed by atoms with Gasteiger partial charge in [-0.15, -0.1) is 0 Å². The van der Waals surface area contributed by atoms with Gasteiger partial charge in [0.05, 0.1) is 17.5 Å². The zero-order chi connectivity index (χ0) is 20.6. The van der Waals surface area contributed by atoms with Gasteiger partial charge >= 0.3 is 6.18 Å². The molecule has 0 saturated carbocycles. The van der Waals surface area contributed by atoms with E-state index in [1.54, 1.807) is 18.5 Å². The molecule has 2 aliphatic heterocycles. The van der Waals surface area contributed by atoms with Crippen molar-refractivity contribution < 1.29 is 18.0 Å². The van der Waals surface area contributed by atoms with Crippen LogP contribution < -0.4 is 15.1 Å². The van der Waals surface area contributed by atoms with Crippen LogP contribution in [0.15, 0.2) is 36.7 Å². The van der Waals surface area contributed by atoms with Crippen LogP contribution in [0.3, 0.4) is 0 Å². The van der Waals surface area contributed by atoms with E-state index in [9.17, 15) is 18.0 Å². The third-order valence-corrected chi connectivity index (χ3v) is 5.56. The van der Waals surface area contributed by atoms with Crippen LogP contribution in [0.4, 0.5) is 24.8 Å². The molecule has 2 atom stereocenters. The number of alkyl halides is 3. The molecule has 0 radical (unpaired) electrons. The molecule has 9 heteroatoms. The number of fused-ring (bicyclic) bond motifs is 3. The summed E-state index contributed by atoms with van der Waals surface area (Å²) < 4.78 is 39.6. The quantitative estimate of drug-likeness (QED) is 0.850. The number of aromatic nitrogens is 2. The first-order chi connectivity index (χ1) is 13.9. The van der Waals surface area contributed by atoms with Gasteiger partial charge in [0.15, 0.2) is 0 Å². The molecular weight excluding hydrogens is 383 g/mol. The SMILES string of the molecule is CCNC(=O)[C@@H]1Cc2cc(C(F)(F)F)ccc2N2CCN(c3ncccn3)C[C@H]12. The van der Waals surface area contributed by atoms with Crippen LogP contribution in [-0.2, 0) is 17.4 Å². The summed E-state index contributed by atoms with van der Waals surface area (Å²) >= 11 is 0. The van der Waals surface area contributed by atoms with Crippen molar-refractivity contribution in [2.24, 2.45) is 5.92 Å². The number of nitrogens with zero attached hydrogens (tertiary/aromatic N) is 4. The van der Waals surface area contributed by atoms with Gasteiger partial charge in [0.2, 0.25) is 11.9 Å². The Morgan fingerprint density at radius 2 is 2.00 bits per heavy atom. The van der Waals surface area contributed by atoms with Crippen molar-refractivity contribution in [3.63, 3.8) is 0 Å². The highest BCUT2D eigenvalue weighted by molar-refractivity contribution is 5.82. The number of nitrogens with one attached hydrogen (secondary N) is 1. The number of halogens is 3. The molecule has 0 bridgehead atoms. The standard InChI is InChI=1S/C20H22F3N5O/c1-2-24-18(29)15-11-13-10-14(20(21,22)23)4-5-16(13)28-9-8-27(12-17(15)28)19-25-6-3-7-26-19/h3-7,10,15,17H,2,8-9,11-12H2,1H3,(H,24,29)/t15-,17-/m1/s1. The molecule has 1 fully saturated rings. The number of carbonyl (C=O) groups is 1. The summed E-state index contributed by atoms with van der Waals surface area (Å²) in [6, 6.07) is 5.42. The molecule has 1 aromatic heterocycles. The fraction of sp³-hybridized carbons (Fsp3) is 0.450. The number of hydrogen-bond donors (Lipinski definition) is 1. The molecule has 1 amide bonds. The summed E-state index contributed by atoms with van der Waals surface area (Å²) in [5.74, 6) is 0.0128. The molecule has 2 aliphatic rings. The zero-order valence-corrected chi connectivity index (χ0v) is 16.0. The summed E-state index contributed by atoms with van der Waals surface area (Å²) in [5.41, 5.74) is 0.662. The molecule has 29 heavy (non-hydrogen) atoms. The van der Waals surface area contributed by atoms with Gasteiger partial charge in [-0.3, -0.25) is 4.79 Å². The number of anilines is 2. The Morgan fingerprint density at radius 3 is 2.69 bits per heavy atom. The van der Waals surface area contributed by atoms with Gasteiger partial charge in [-0.05, 0) is 43.2 Å². The van der Waals surface area contributed by atoms with Crippen LogP contribution >= 0.6 is 0 Å². The molecule has 1 aromatic carbocycles. The van der Waals surface area contributed by atoms with E-state index in [2.05, 4.69) is 20.2 Å². The Morgan fingerprint density at radius 1 is 1.24 bits per heavy atom. The molecule has 4 rings (SSSR count). The summed E-state index contributed by atoms with van der Waals surface area (Å²) in [4.78, 5) is 25.5. The lowest BCUT2D eigenvalue weighted by atomic mass is 9.82. The third-order valence-electron chi connectivity index (χ3n) is 5.56. The van der Waals surface area contributed by atoms with Crippen molar-refractivity contribution in [2.75, 3.05) is 36.0 Å². The molecule has 2 aromatic rings. The molecule has 0 aliphatic carbocycles. The first-order valence-electron chi connectivity index (χ1n) is 9.65. The van der Waals surface area contributed by atoms with Gasteiger partial charge in [0.25, 0.3) is 0 Å². The highest BCUT2D eigenvalue weighted by atomic mass is 19.4. The van der Waals surface area contributed by atoms with Crippen LogP contribution in [-0.4, -0.2) is 48.1 Å². The Bertz CT molecular complexity index is 889. The molecule has 1 saturated heterocycles. The maximum atomic E-state index is 13.2.